The van der Waals surface area contributed by atoms with Crippen molar-refractivity contribution in [3.63, 3.8) is 0 Å². The fourth-order valence-electron chi connectivity index (χ4n) is 4.20. The smallest absolute Gasteiger partial charge is 0.141 e. The molecule has 1 aliphatic rings. The van der Waals surface area contributed by atoms with E-state index in [-0.39, 0.29) is 11.4 Å². The van der Waals surface area contributed by atoms with Gasteiger partial charge in [0, 0.05) is 17.5 Å². The van der Waals surface area contributed by atoms with Gasteiger partial charge in [0.2, 0.25) is 0 Å². The third-order valence-corrected chi connectivity index (χ3v) is 5.79. The molecule has 29 heavy (non-hydrogen) atoms. The normalized spacial score (nSPS) is 11.8. The Balaban J connectivity index is 1.62. The van der Waals surface area contributed by atoms with Crippen molar-refractivity contribution in [1.82, 2.24) is 0 Å². The Morgan fingerprint density at radius 1 is 0.897 bits per heavy atom. The van der Waals surface area contributed by atoms with E-state index in [1.54, 1.807) is 18.2 Å². The van der Waals surface area contributed by atoms with Gasteiger partial charge in [-0.3, -0.25) is 0 Å². The number of unbranched alkanes of at least 4 members (excludes halogenated alkanes) is 3. The molecule has 0 aliphatic heterocycles. The van der Waals surface area contributed by atoms with Gasteiger partial charge >= 0.3 is 0 Å². The summed E-state index contributed by atoms with van der Waals surface area (Å²) in [6.45, 7) is 2.21. The van der Waals surface area contributed by atoms with Crippen LogP contribution in [-0.2, 0) is 12.8 Å². The van der Waals surface area contributed by atoms with Crippen LogP contribution in [0.5, 0.6) is 0 Å². The Labute approximate surface area is 170 Å². The second-order valence-corrected chi connectivity index (χ2v) is 7.74. The van der Waals surface area contributed by atoms with E-state index in [0.717, 1.165) is 23.1 Å². The molecule has 0 saturated heterocycles. The highest BCUT2D eigenvalue weighted by Crippen LogP contribution is 2.41. The molecule has 4 rings (SSSR count). The van der Waals surface area contributed by atoms with Gasteiger partial charge in [0.05, 0.1) is 5.56 Å². The fourth-order valence-corrected chi connectivity index (χ4v) is 4.20. The topological polar surface area (TPSA) is 23.8 Å². The van der Waals surface area contributed by atoms with Crippen LogP contribution in [0.2, 0.25) is 0 Å². The first-order valence-electron chi connectivity index (χ1n) is 10.3. The molecule has 1 nitrogen and oxygen atoms in total. The predicted octanol–water partition coefficient (Wildman–Crippen LogP) is 7.20. The van der Waals surface area contributed by atoms with E-state index in [2.05, 4.69) is 25.1 Å². The van der Waals surface area contributed by atoms with Crippen molar-refractivity contribution in [2.45, 2.75) is 45.4 Å². The molecule has 0 radical (unpaired) electrons. The van der Waals surface area contributed by atoms with Gasteiger partial charge in [-0.05, 0) is 52.8 Å². The molecule has 0 spiro atoms. The minimum absolute atomic E-state index is 0.0332. The van der Waals surface area contributed by atoms with Crippen molar-refractivity contribution in [3.05, 3.63) is 82.4 Å². The Bertz CT molecular complexity index is 1110. The van der Waals surface area contributed by atoms with Crippen molar-refractivity contribution in [3.8, 4) is 28.3 Å². The molecular weight excluding hydrogens is 364 g/mol. The average molecular weight is 387 g/mol. The third-order valence-electron chi connectivity index (χ3n) is 5.79. The summed E-state index contributed by atoms with van der Waals surface area (Å²) in [6, 6.07) is 16.1. The maximum absolute atomic E-state index is 15.3. The number of aryl methyl sites for hydroxylation is 1. The molecule has 1 aliphatic carbocycles. The lowest BCUT2D eigenvalue weighted by atomic mass is 9.97. The molecule has 0 amide bonds. The second kappa shape index (κ2) is 8.17. The number of benzene rings is 3. The highest BCUT2D eigenvalue weighted by Gasteiger charge is 2.24. The lowest BCUT2D eigenvalue weighted by Crippen LogP contribution is -1.94. The van der Waals surface area contributed by atoms with Crippen molar-refractivity contribution < 1.29 is 8.78 Å². The molecule has 0 aromatic heterocycles. The molecular formula is C26H23F2N. The van der Waals surface area contributed by atoms with E-state index in [0.29, 0.717) is 23.1 Å². The molecule has 0 atom stereocenters. The number of hydrogen-bond acceptors (Lipinski definition) is 1. The number of fused-ring (bicyclic) bond motifs is 3. The van der Waals surface area contributed by atoms with E-state index >= 15 is 4.39 Å². The van der Waals surface area contributed by atoms with E-state index in [4.69, 9.17) is 5.26 Å². The first kappa shape index (κ1) is 19.3. The highest BCUT2D eigenvalue weighted by atomic mass is 19.1. The Morgan fingerprint density at radius 2 is 1.69 bits per heavy atom. The molecule has 0 bridgehead atoms. The molecule has 0 unspecified atom stereocenters. The van der Waals surface area contributed by atoms with Crippen LogP contribution in [0, 0.1) is 23.0 Å². The zero-order valence-electron chi connectivity index (χ0n) is 16.6. The summed E-state index contributed by atoms with van der Waals surface area (Å²) in [7, 11) is 0. The summed E-state index contributed by atoms with van der Waals surface area (Å²) < 4.78 is 29.3. The van der Waals surface area contributed by atoms with Crippen molar-refractivity contribution >= 4 is 0 Å². The SMILES string of the molecule is CCCCCCc1ccc2c(c1)Cc1c-2ccc(-c2ccc(C#N)c(F)c2)c1F. The monoisotopic (exact) mass is 387 g/mol. The zero-order chi connectivity index (χ0) is 20.4. The van der Waals surface area contributed by atoms with Crippen LogP contribution in [0.4, 0.5) is 8.78 Å². The molecule has 3 aromatic rings. The van der Waals surface area contributed by atoms with Gasteiger partial charge in [-0.2, -0.15) is 5.26 Å². The summed E-state index contributed by atoms with van der Waals surface area (Å²) >= 11 is 0. The fraction of sp³-hybridized carbons (Fsp3) is 0.269. The van der Waals surface area contributed by atoms with Gasteiger partial charge in [0.15, 0.2) is 0 Å². The first-order chi connectivity index (χ1) is 14.1. The van der Waals surface area contributed by atoms with E-state index in [1.165, 1.54) is 43.4 Å². The van der Waals surface area contributed by atoms with Crippen LogP contribution >= 0.6 is 0 Å². The first-order valence-corrected chi connectivity index (χ1v) is 10.3. The number of hydrogen-bond donors (Lipinski definition) is 0. The maximum Gasteiger partial charge on any atom is 0.141 e. The van der Waals surface area contributed by atoms with Crippen LogP contribution in [0.1, 0.15) is 54.9 Å². The Kier molecular flexibility index (Phi) is 5.45. The van der Waals surface area contributed by atoms with Gasteiger partial charge < -0.3 is 0 Å². The van der Waals surface area contributed by atoms with Crippen molar-refractivity contribution in [2.75, 3.05) is 0 Å². The lowest BCUT2D eigenvalue weighted by molar-refractivity contribution is 0.616. The van der Waals surface area contributed by atoms with Crippen molar-refractivity contribution in [1.29, 1.82) is 5.26 Å². The summed E-state index contributed by atoms with van der Waals surface area (Å²) in [6.07, 6.45) is 6.54. The molecule has 0 fully saturated rings. The predicted molar refractivity (Wildman–Crippen MR) is 113 cm³/mol. The standard InChI is InChI=1S/C26H23F2N/c1-2-3-4-5-6-17-7-10-21-20(13-17)14-24-23(21)12-11-22(26(24)28)18-8-9-19(16-29)25(27)15-18/h7-13,15H,2-6,14H2,1H3. The molecule has 0 saturated carbocycles. The summed E-state index contributed by atoms with van der Waals surface area (Å²) in [4.78, 5) is 0. The summed E-state index contributed by atoms with van der Waals surface area (Å²) in [5.41, 5.74) is 5.95. The molecule has 3 aromatic carbocycles. The molecule has 0 N–H and O–H groups in total. The second-order valence-electron chi connectivity index (χ2n) is 7.74. The molecule has 0 heterocycles. The van der Waals surface area contributed by atoms with Crippen LogP contribution in [0.15, 0.2) is 48.5 Å². The Hall–Kier alpha value is -2.99. The number of rotatable bonds is 6. The van der Waals surface area contributed by atoms with Crippen LogP contribution in [0.3, 0.4) is 0 Å². The average Bonchev–Trinajstić information content (AvgIpc) is 3.10. The van der Waals surface area contributed by atoms with Gasteiger partial charge in [-0.25, -0.2) is 8.78 Å². The van der Waals surface area contributed by atoms with Gasteiger partial charge in [0.25, 0.3) is 0 Å². The van der Waals surface area contributed by atoms with E-state index in [1.807, 2.05) is 6.07 Å². The van der Waals surface area contributed by atoms with Crippen LogP contribution in [-0.4, -0.2) is 0 Å². The highest BCUT2D eigenvalue weighted by molar-refractivity contribution is 5.81. The minimum atomic E-state index is -0.624. The Morgan fingerprint density at radius 3 is 2.45 bits per heavy atom. The van der Waals surface area contributed by atoms with Gasteiger partial charge in [0.1, 0.15) is 17.7 Å². The van der Waals surface area contributed by atoms with E-state index < -0.39 is 5.82 Å². The minimum Gasteiger partial charge on any atom is -0.206 e. The third kappa shape index (κ3) is 3.68. The summed E-state index contributed by atoms with van der Waals surface area (Å²) in [5, 5.41) is 8.90. The van der Waals surface area contributed by atoms with Gasteiger partial charge in [-0.15, -0.1) is 0 Å². The summed E-state index contributed by atoms with van der Waals surface area (Å²) in [5.74, 6) is -0.923. The number of nitriles is 1. The number of nitrogens with zero attached hydrogens (tertiary/aromatic N) is 1. The van der Waals surface area contributed by atoms with Crippen LogP contribution < -0.4 is 0 Å². The lowest BCUT2D eigenvalue weighted by Gasteiger charge is -2.09. The molecule has 3 heteroatoms. The van der Waals surface area contributed by atoms with Gasteiger partial charge in [-0.1, -0.05) is 62.6 Å². The largest absolute Gasteiger partial charge is 0.206 e. The quantitative estimate of drug-likeness (QED) is 0.321. The number of halogens is 2. The molecule has 146 valence electrons. The van der Waals surface area contributed by atoms with Crippen molar-refractivity contribution in [2.24, 2.45) is 0 Å². The maximum atomic E-state index is 15.3. The van der Waals surface area contributed by atoms with E-state index in [9.17, 15) is 4.39 Å². The zero-order valence-corrected chi connectivity index (χ0v) is 16.6. The van der Waals surface area contributed by atoms with Crippen LogP contribution in [0.25, 0.3) is 22.3 Å².